The molecular weight excluding hydrogens is 375 g/mol. The van der Waals surface area contributed by atoms with E-state index >= 15 is 0 Å². The van der Waals surface area contributed by atoms with Crippen LogP contribution in [0.2, 0.25) is 0 Å². The number of aryl methyl sites for hydroxylation is 1. The summed E-state index contributed by atoms with van der Waals surface area (Å²) in [5, 5.41) is 3.62. The molecule has 1 N–H and O–H groups in total. The molecular formula is C22H24ClFN4. The third-order valence-corrected chi connectivity index (χ3v) is 5.54. The van der Waals surface area contributed by atoms with Crippen molar-refractivity contribution >= 4 is 24.0 Å². The molecule has 0 aliphatic carbocycles. The number of hydrogen-bond donors (Lipinski definition) is 1. The van der Waals surface area contributed by atoms with Gasteiger partial charge in [0.05, 0.1) is 0 Å². The van der Waals surface area contributed by atoms with Crippen molar-refractivity contribution in [2.75, 3.05) is 16.8 Å². The first kappa shape index (κ1) is 20.1. The predicted octanol–water partition coefficient (Wildman–Crippen LogP) is 5.00. The van der Waals surface area contributed by atoms with Crippen LogP contribution in [0.4, 0.5) is 16.0 Å². The summed E-state index contributed by atoms with van der Waals surface area (Å²) in [4.78, 5) is 11.2. The van der Waals surface area contributed by atoms with E-state index in [-0.39, 0.29) is 18.2 Å². The molecule has 4 nitrogen and oxygen atoms in total. The number of nitrogens with zero attached hydrogens (tertiary/aromatic N) is 3. The topological polar surface area (TPSA) is 41.1 Å². The third kappa shape index (κ3) is 3.42. The van der Waals surface area contributed by atoms with Crippen LogP contribution in [-0.2, 0) is 12.1 Å². The molecule has 0 spiro atoms. The van der Waals surface area contributed by atoms with Gasteiger partial charge in [-0.25, -0.2) is 14.4 Å². The van der Waals surface area contributed by atoms with E-state index in [1.807, 2.05) is 6.07 Å². The fourth-order valence-electron chi connectivity index (χ4n) is 3.92. The summed E-state index contributed by atoms with van der Waals surface area (Å²) < 4.78 is 13.4. The molecule has 6 heteroatoms. The van der Waals surface area contributed by atoms with E-state index in [0.717, 1.165) is 18.7 Å². The summed E-state index contributed by atoms with van der Waals surface area (Å²) in [5.41, 5.74) is 5.49. The van der Waals surface area contributed by atoms with Crippen LogP contribution in [0, 0.1) is 19.7 Å². The Labute approximate surface area is 171 Å². The van der Waals surface area contributed by atoms with Gasteiger partial charge in [-0.3, -0.25) is 0 Å². The van der Waals surface area contributed by atoms with Gasteiger partial charge in [0, 0.05) is 30.2 Å². The average Bonchev–Trinajstić information content (AvgIpc) is 2.67. The molecule has 0 saturated heterocycles. The maximum Gasteiger partial charge on any atom is 0.227 e. The second-order valence-corrected chi connectivity index (χ2v) is 7.19. The number of halogens is 2. The summed E-state index contributed by atoms with van der Waals surface area (Å²) in [5.74, 6) is 0.433. The maximum atomic E-state index is 13.4. The zero-order valence-electron chi connectivity index (χ0n) is 16.2. The van der Waals surface area contributed by atoms with Crippen LogP contribution in [0.1, 0.15) is 29.2 Å². The first-order valence-corrected chi connectivity index (χ1v) is 9.17. The van der Waals surface area contributed by atoms with Gasteiger partial charge in [-0.05, 0) is 74.2 Å². The van der Waals surface area contributed by atoms with Gasteiger partial charge < -0.3 is 10.2 Å². The van der Waals surface area contributed by atoms with Crippen LogP contribution >= 0.6 is 12.4 Å². The Balaban J connectivity index is 0.00000225. The number of hydrogen-bond acceptors (Lipinski definition) is 4. The van der Waals surface area contributed by atoms with Gasteiger partial charge in [0.15, 0.2) is 0 Å². The number of fused-ring (bicyclic) bond motifs is 1. The Hall–Kier alpha value is -2.66. The van der Waals surface area contributed by atoms with Crippen LogP contribution in [0.5, 0.6) is 0 Å². The molecule has 2 aromatic carbocycles. The quantitative estimate of drug-likeness (QED) is 0.673. The lowest BCUT2D eigenvalue weighted by Gasteiger charge is -2.47. The molecule has 0 amide bonds. The Bertz CT molecular complexity index is 962. The maximum absolute atomic E-state index is 13.4. The molecule has 0 bridgehead atoms. The highest BCUT2D eigenvalue weighted by atomic mass is 35.5. The summed E-state index contributed by atoms with van der Waals surface area (Å²) in [6, 6.07) is 12.6. The normalized spacial score (nSPS) is 18.2. The summed E-state index contributed by atoms with van der Waals surface area (Å²) in [7, 11) is 0. The highest BCUT2D eigenvalue weighted by Crippen LogP contribution is 2.39. The van der Waals surface area contributed by atoms with Gasteiger partial charge >= 0.3 is 0 Å². The Morgan fingerprint density at radius 3 is 2.39 bits per heavy atom. The molecule has 1 aliphatic rings. The van der Waals surface area contributed by atoms with Gasteiger partial charge in [-0.2, -0.15) is 0 Å². The Morgan fingerprint density at radius 2 is 1.71 bits per heavy atom. The van der Waals surface area contributed by atoms with Gasteiger partial charge in [-0.1, -0.05) is 12.1 Å². The van der Waals surface area contributed by atoms with Gasteiger partial charge in [0.25, 0.3) is 0 Å². The smallest absolute Gasteiger partial charge is 0.227 e. The summed E-state index contributed by atoms with van der Waals surface area (Å²) in [6.45, 7) is 7.26. The summed E-state index contributed by atoms with van der Waals surface area (Å²) >= 11 is 0. The first-order chi connectivity index (χ1) is 13.0. The van der Waals surface area contributed by atoms with Gasteiger partial charge in [0.1, 0.15) is 11.5 Å². The SMILES string of the molecule is Cc1ccc2c(c1C)CCN(c1ncccn1)C2(C)Nc1ccc(F)cc1.Cl. The average molecular weight is 399 g/mol. The number of nitrogens with one attached hydrogen (secondary N) is 1. The van der Waals surface area contributed by atoms with Gasteiger partial charge in [0.2, 0.25) is 5.95 Å². The molecule has 146 valence electrons. The number of benzene rings is 2. The fourth-order valence-corrected chi connectivity index (χ4v) is 3.92. The zero-order valence-corrected chi connectivity index (χ0v) is 17.1. The molecule has 0 fully saturated rings. The number of aromatic nitrogens is 2. The van der Waals surface area contributed by atoms with Crippen LogP contribution in [0.3, 0.4) is 0 Å². The van der Waals surface area contributed by atoms with E-state index in [9.17, 15) is 4.39 Å². The molecule has 1 unspecified atom stereocenters. The first-order valence-electron chi connectivity index (χ1n) is 9.17. The van der Waals surface area contributed by atoms with Crippen molar-refractivity contribution < 1.29 is 4.39 Å². The van der Waals surface area contributed by atoms with Crippen molar-refractivity contribution in [1.29, 1.82) is 0 Å². The monoisotopic (exact) mass is 398 g/mol. The van der Waals surface area contributed by atoms with Crippen molar-refractivity contribution in [1.82, 2.24) is 9.97 Å². The number of anilines is 2. The second kappa shape index (κ2) is 7.76. The van der Waals surface area contributed by atoms with Gasteiger partial charge in [-0.15, -0.1) is 12.4 Å². The van der Waals surface area contributed by atoms with Crippen molar-refractivity contribution in [3.8, 4) is 0 Å². The minimum Gasteiger partial charge on any atom is -0.359 e. The fraction of sp³-hybridized carbons (Fsp3) is 0.273. The van der Waals surface area contributed by atoms with Crippen LogP contribution in [-0.4, -0.2) is 16.5 Å². The van der Waals surface area contributed by atoms with E-state index in [4.69, 9.17) is 0 Å². The second-order valence-electron chi connectivity index (χ2n) is 7.19. The predicted molar refractivity (Wildman–Crippen MR) is 114 cm³/mol. The van der Waals surface area contributed by atoms with E-state index < -0.39 is 5.66 Å². The summed E-state index contributed by atoms with van der Waals surface area (Å²) in [6.07, 6.45) is 4.45. The van der Waals surface area contributed by atoms with Crippen molar-refractivity contribution in [2.45, 2.75) is 32.9 Å². The molecule has 2 heterocycles. The molecule has 1 aliphatic heterocycles. The lowest BCUT2D eigenvalue weighted by atomic mass is 9.84. The van der Waals surface area contributed by atoms with E-state index in [1.54, 1.807) is 24.5 Å². The highest BCUT2D eigenvalue weighted by molar-refractivity contribution is 5.85. The van der Waals surface area contributed by atoms with Crippen LogP contribution in [0.25, 0.3) is 0 Å². The largest absolute Gasteiger partial charge is 0.359 e. The molecule has 0 saturated carbocycles. The van der Waals surface area contributed by atoms with Crippen molar-refractivity contribution in [3.05, 3.63) is 82.9 Å². The van der Waals surface area contributed by atoms with Crippen molar-refractivity contribution in [2.24, 2.45) is 0 Å². The molecule has 1 atom stereocenters. The van der Waals surface area contributed by atoms with E-state index in [2.05, 4.69) is 53.1 Å². The lowest BCUT2D eigenvalue weighted by molar-refractivity contribution is 0.458. The minimum atomic E-state index is -0.550. The molecule has 0 radical (unpaired) electrons. The number of rotatable bonds is 3. The standard InChI is InChI=1S/C22H23FN4.ClH/c1-15-5-10-20-19(16(15)2)11-14-27(21-24-12-4-13-25-21)22(20,3)26-18-8-6-17(23)7-9-18;/h4-10,12-13,26H,11,14H2,1-3H3;1H. The molecule has 3 aromatic rings. The van der Waals surface area contributed by atoms with Crippen molar-refractivity contribution in [3.63, 3.8) is 0 Å². The van der Waals surface area contributed by atoms with E-state index in [0.29, 0.717) is 5.95 Å². The minimum absolute atomic E-state index is 0. The van der Waals surface area contributed by atoms with Crippen LogP contribution in [0.15, 0.2) is 54.9 Å². The Kier molecular flexibility index (Phi) is 5.57. The molecule has 28 heavy (non-hydrogen) atoms. The molecule has 1 aromatic heterocycles. The zero-order chi connectivity index (χ0) is 19.0. The molecule has 4 rings (SSSR count). The lowest BCUT2D eigenvalue weighted by Crippen LogP contribution is -2.54. The third-order valence-electron chi connectivity index (χ3n) is 5.54. The highest BCUT2D eigenvalue weighted by Gasteiger charge is 2.40. The Morgan fingerprint density at radius 1 is 1.04 bits per heavy atom. The van der Waals surface area contributed by atoms with Crippen LogP contribution < -0.4 is 10.2 Å². The van der Waals surface area contributed by atoms with E-state index in [1.165, 1.54) is 34.4 Å².